The Morgan fingerprint density at radius 2 is 2.27 bits per heavy atom. The van der Waals surface area contributed by atoms with Crippen molar-refractivity contribution in [3.8, 4) is 0 Å². The van der Waals surface area contributed by atoms with Crippen LogP contribution < -0.4 is 5.32 Å². The van der Waals surface area contributed by atoms with E-state index in [1.54, 1.807) is 0 Å². The number of aryl methyl sites for hydroxylation is 1. The molecule has 0 saturated carbocycles. The maximum atomic E-state index is 11.4. The molecule has 2 nitrogen and oxygen atoms in total. The number of alkyl halides is 1. The van der Waals surface area contributed by atoms with Crippen LogP contribution in [-0.2, 0) is 11.2 Å². The third kappa shape index (κ3) is 2.32. The van der Waals surface area contributed by atoms with Gasteiger partial charge in [-0.15, -0.1) is 11.6 Å². The van der Waals surface area contributed by atoms with Crippen LogP contribution in [0.5, 0.6) is 0 Å². The number of rotatable bonds is 3. The minimum atomic E-state index is 0.0479. The third-order valence-electron chi connectivity index (χ3n) is 2.79. The van der Waals surface area contributed by atoms with Crippen molar-refractivity contribution >= 4 is 17.5 Å². The van der Waals surface area contributed by atoms with E-state index in [1.807, 2.05) is 12.1 Å². The van der Waals surface area contributed by atoms with Crippen molar-refractivity contribution in [2.24, 2.45) is 0 Å². The van der Waals surface area contributed by atoms with E-state index in [0.717, 1.165) is 12.8 Å². The number of carbonyl (C=O) groups excluding carboxylic acids is 1. The van der Waals surface area contributed by atoms with Gasteiger partial charge in [0, 0.05) is 12.3 Å². The smallest absolute Gasteiger partial charge is 0.221 e. The van der Waals surface area contributed by atoms with E-state index in [9.17, 15) is 4.79 Å². The van der Waals surface area contributed by atoms with E-state index in [4.69, 9.17) is 11.6 Å². The van der Waals surface area contributed by atoms with Gasteiger partial charge in [-0.05, 0) is 24.0 Å². The zero-order valence-electron chi connectivity index (χ0n) is 8.50. The van der Waals surface area contributed by atoms with Gasteiger partial charge in [-0.25, -0.2) is 0 Å². The van der Waals surface area contributed by atoms with E-state index in [2.05, 4.69) is 17.4 Å². The summed E-state index contributed by atoms with van der Waals surface area (Å²) in [4.78, 5) is 11.4. The Kier molecular flexibility index (Phi) is 3.27. The summed E-state index contributed by atoms with van der Waals surface area (Å²) in [6.07, 6.45) is 2.47. The van der Waals surface area contributed by atoms with Crippen molar-refractivity contribution in [3.63, 3.8) is 0 Å². The van der Waals surface area contributed by atoms with E-state index < -0.39 is 0 Å². The molecule has 15 heavy (non-hydrogen) atoms. The molecule has 1 aromatic rings. The van der Waals surface area contributed by atoms with E-state index in [-0.39, 0.29) is 11.9 Å². The van der Waals surface area contributed by atoms with Gasteiger partial charge in [-0.1, -0.05) is 24.3 Å². The molecule has 1 atom stereocenters. The molecule has 2 rings (SSSR count). The molecule has 1 unspecified atom stereocenters. The van der Waals surface area contributed by atoms with Gasteiger partial charge in [0.1, 0.15) is 0 Å². The predicted molar refractivity (Wildman–Crippen MR) is 61.0 cm³/mol. The predicted octanol–water partition coefficient (Wildman–Crippen LogP) is 2.42. The molecule has 0 spiro atoms. The normalized spacial score (nSPS) is 18.6. The number of fused-ring (bicyclic) bond motifs is 1. The zero-order valence-corrected chi connectivity index (χ0v) is 9.26. The van der Waals surface area contributed by atoms with Gasteiger partial charge in [0.25, 0.3) is 0 Å². The van der Waals surface area contributed by atoms with E-state index in [0.29, 0.717) is 12.3 Å². The quantitative estimate of drug-likeness (QED) is 0.784. The average molecular weight is 224 g/mol. The Labute approximate surface area is 94.6 Å². The maximum absolute atomic E-state index is 11.4. The van der Waals surface area contributed by atoms with Gasteiger partial charge in [-0.2, -0.15) is 0 Å². The number of hydrogen-bond donors (Lipinski definition) is 1. The van der Waals surface area contributed by atoms with Crippen LogP contribution in [0.1, 0.15) is 30.0 Å². The lowest BCUT2D eigenvalue weighted by molar-refractivity contribution is -0.121. The molecule has 0 aliphatic heterocycles. The first-order chi connectivity index (χ1) is 7.31. The van der Waals surface area contributed by atoms with Crippen molar-refractivity contribution in [3.05, 3.63) is 35.4 Å². The number of hydrogen-bond acceptors (Lipinski definition) is 1. The molecule has 80 valence electrons. The number of carbonyl (C=O) groups is 1. The Balaban J connectivity index is 2.04. The summed E-state index contributed by atoms with van der Waals surface area (Å²) in [6.45, 7) is 0. The largest absolute Gasteiger partial charge is 0.349 e. The van der Waals surface area contributed by atoms with Crippen LogP contribution in [0.4, 0.5) is 0 Å². The lowest BCUT2D eigenvalue weighted by atomic mass is 10.1. The highest BCUT2D eigenvalue weighted by atomic mass is 35.5. The van der Waals surface area contributed by atoms with Gasteiger partial charge < -0.3 is 5.32 Å². The fraction of sp³-hybridized carbons (Fsp3) is 0.417. The van der Waals surface area contributed by atoms with Crippen molar-refractivity contribution in [2.45, 2.75) is 25.3 Å². The molecule has 0 heterocycles. The minimum Gasteiger partial charge on any atom is -0.349 e. The number of nitrogens with one attached hydrogen (secondary N) is 1. The Morgan fingerprint density at radius 3 is 3.07 bits per heavy atom. The lowest BCUT2D eigenvalue weighted by Gasteiger charge is -2.13. The summed E-state index contributed by atoms with van der Waals surface area (Å²) in [5.74, 6) is 0.437. The fourth-order valence-electron chi connectivity index (χ4n) is 2.06. The van der Waals surface area contributed by atoms with E-state index >= 15 is 0 Å². The van der Waals surface area contributed by atoms with Crippen LogP contribution in [0.25, 0.3) is 0 Å². The molecule has 1 aliphatic rings. The molecule has 1 aliphatic carbocycles. The second-order valence-corrected chi connectivity index (χ2v) is 4.17. The highest BCUT2D eigenvalue weighted by Crippen LogP contribution is 2.30. The molecular formula is C12H14ClNO. The number of halogens is 1. The van der Waals surface area contributed by atoms with Crippen LogP contribution in [-0.4, -0.2) is 11.8 Å². The first kappa shape index (κ1) is 10.5. The minimum absolute atomic E-state index is 0.0479. The Hall–Kier alpha value is -1.02. The second-order valence-electron chi connectivity index (χ2n) is 3.80. The SMILES string of the molecule is O=C(CCCl)NC1CCc2ccccc21. The molecule has 0 bridgehead atoms. The molecule has 0 saturated heterocycles. The summed E-state index contributed by atoms with van der Waals surface area (Å²) in [5, 5.41) is 3.01. The first-order valence-electron chi connectivity index (χ1n) is 5.24. The maximum Gasteiger partial charge on any atom is 0.221 e. The van der Waals surface area contributed by atoms with Gasteiger partial charge in [0.15, 0.2) is 0 Å². The van der Waals surface area contributed by atoms with Gasteiger partial charge >= 0.3 is 0 Å². The Morgan fingerprint density at radius 1 is 1.47 bits per heavy atom. The third-order valence-corrected chi connectivity index (χ3v) is 2.98. The van der Waals surface area contributed by atoms with Crippen molar-refractivity contribution < 1.29 is 4.79 Å². The van der Waals surface area contributed by atoms with Crippen LogP contribution in [0.3, 0.4) is 0 Å². The van der Waals surface area contributed by atoms with Crippen molar-refractivity contribution in [1.82, 2.24) is 5.32 Å². The summed E-state index contributed by atoms with van der Waals surface area (Å²) >= 11 is 5.52. The molecule has 1 aromatic carbocycles. The highest BCUT2D eigenvalue weighted by Gasteiger charge is 2.22. The van der Waals surface area contributed by atoms with Crippen LogP contribution in [0.15, 0.2) is 24.3 Å². The van der Waals surface area contributed by atoms with Crippen LogP contribution in [0.2, 0.25) is 0 Å². The number of benzene rings is 1. The zero-order chi connectivity index (χ0) is 10.7. The average Bonchev–Trinajstić information content (AvgIpc) is 2.62. The summed E-state index contributed by atoms with van der Waals surface area (Å²) in [7, 11) is 0. The standard InChI is InChI=1S/C12H14ClNO/c13-8-7-12(15)14-11-6-5-9-3-1-2-4-10(9)11/h1-4,11H,5-8H2,(H,14,15). The second kappa shape index (κ2) is 4.67. The van der Waals surface area contributed by atoms with Gasteiger partial charge in [-0.3, -0.25) is 4.79 Å². The van der Waals surface area contributed by atoms with Crippen LogP contribution >= 0.6 is 11.6 Å². The molecule has 1 N–H and O–H groups in total. The van der Waals surface area contributed by atoms with Crippen molar-refractivity contribution in [1.29, 1.82) is 0 Å². The summed E-state index contributed by atoms with van der Waals surface area (Å²) in [6, 6.07) is 8.47. The van der Waals surface area contributed by atoms with Gasteiger partial charge in [0.2, 0.25) is 5.91 Å². The Bertz CT molecular complexity index is 364. The monoisotopic (exact) mass is 223 g/mol. The van der Waals surface area contributed by atoms with Gasteiger partial charge in [0.05, 0.1) is 6.04 Å². The molecule has 3 heteroatoms. The fourth-order valence-corrected chi connectivity index (χ4v) is 2.23. The number of amides is 1. The molecule has 0 aromatic heterocycles. The highest BCUT2D eigenvalue weighted by molar-refractivity contribution is 6.18. The topological polar surface area (TPSA) is 29.1 Å². The molecular weight excluding hydrogens is 210 g/mol. The molecule has 0 fully saturated rings. The first-order valence-corrected chi connectivity index (χ1v) is 5.78. The molecule has 0 radical (unpaired) electrons. The van der Waals surface area contributed by atoms with Crippen molar-refractivity contribution in [2.75, 3.05) is 5.88 Å². The summed E-state index contributed by atoms with van der Waals surface area (Å²) in [5.41, 5.74) is 2.62. The molecule has 1 amide bonds. The summed E-state index contributed by atoms with van der Waals surface area (Å²) < 4.78 is 0. The lowest BCUT2D eigenvalue weighted by Crippen LogP contribution is -2.27. The van der Waals surface area contributed by atoms with E-state index in [1.165, 1.54) is 11.1 Å². The van der Waals surface area contributed by atoms with Crippen LogP contribution in [0, 0.1) is 0 Å².